The van der Waals surface area contributed by atoms with Crippen LogP contribution in [-0.2, 0) is 65.4 Å². The van der Waals surface area contributed by atoms with Gasteiger partial charge in [0.05, 0.1) is 26.4 Å². The van der Waals surface area contributed by atoms with Crippen LogP contribution < -0.4 is 0 Å². The molecule has 5 atom stereocenters. The fraction of sp³-hybridized carbons (Fsp3) is 0.812. The molecule has 0 heterocycles. The first kappa shape index (κ1) is 100. The van der Waals surface area contributed by atoms with Gasteiger partial charge in [0.1, 0.15) is 19.3 Å². The maximum absolute atomic E-state index is 13.1. The second kappa shape index (κ2) is 77.7. The van der Waals surface area contributed by atoms with Crippen LogP contribution in [0.2, 0.25) is 0 Å². The van der Waals surface area contributed by atoms with Crippen molar-refractivity contribution < 1.29 is 80.2 Å². The average molecular weight is 1510 g/mol. The molecule has 0 aromatic rings. The molecule has 17 nitrogen and oxygen atoms in total. The van der Waals surface area contributed by atoms with Crippen LogP contribution in [0.15, 0.2) is 72.9 Å². The van der Waals surface area contributed by atoms with Gasteiger partial charge < -0.3 is 33.8 Å². The minimum absolute atomic E-state index is 0.0749. The van der Waals surface area contributed by atoms with Gasteiger partial charge in [0.2, 0.25) is 0 Å². The second-order valence-corrected chi connectivity index (χ2v) is 31.3. The van der Waals surface area contributed by atoms with E-state index in [1.54, 1.807) is 0 Å². The number of ether oxygens (including phenoxy) is 4. The highest BCUT2D eigenvalue weighted by Gasteiger charge is 2.30. The summed E-state index contributed by atoms with van der Waals surface area (Å²) in [7, 11) is -9.95. The van der Waals surface area contributed by atoms with Gasteiger partial charge in [0, 0.05) is 25.7 Å². The normalized spacial score (nSPS) is 14.2. The van der Waals surface area contributed by atoms with E-state index in [9.17, 15) is 43.2 Å². The van der Waals surface area contributed by atoms with Gasteiger partial charge in [-0.15, -0.1) is 0 Å². The van der Waals surface area contributed by atoms with Crippen LogP contribution in [0.5, 0.6) is 0 Å². The van der Waals surface area contributed by atoms with E-state index in [2.05, 4.69) is 101 Å². The van der Waals surface area contributed by atoms with Crippen LogP contribution in [0.1, 0.15) is 387 Å². The van der Waals surface area contributed by atoms with Gasteiger partial charge in [-0.1, -0.05) is 338 Å². The van der Waals surface area contributed by atoms with Crippen molar-refractivity contribution in [3.8, 4) is 0 Å². The molecule has 0 radical (unpaired) electrons. The molecule has 3 N–H and O–H groups in total. The fourth-order valence-electron chi connectivity index (χ4n) is 11.8. The lowest BCUT2D eigenvalue weighted by Crippen LogP contribution is -2.30. The van der Waals surface area contributed by atoms with Crippen LogP contribution >= 0.6 is 15.6 Å². The summed E-state index contributed by atoms with van der Waals surface area (Å²) < 4.78 is 68.8. The number of aliphatic hydroxyl groups excluding tert-OH is 1. The molecule has 0 spiro atoms. The number of aliphatic hydroxyl groups is 1. The Bertz CT molecular complexity index is 2250. The number of rotatable bonds is 80. The second-order valence-electron chi connectivity index (χ2n) is 28.4. The number of allylic oxidation sites excluding steroid dienone is 12. The summed E-state index contributed by atoms with van der Waals surface area (Å²) >= 11 is 0. The van der Waals surface area contributed by atoms with Crippen LogP contribution in [0, 0.1) is 0 Å². The number of hydrogen-bond acceptors (Lipinski definition) is 15. The van der Waals surface area contributed by atoms with Gasteiger partial charge in [-0.05, 0) is 96.3 Å². The van der Waals surface area contributed by atoms with Gasteiger partial charge in [0.25, 0.3) is 0 Å². The number of hydrogen-bond donors (Lipinski definition) is 3. The lowest BCUT2D eigenvalue weighted by atomic mass is 10.0. The summed E-state index contributed by atoms with van der Waals surface area (Å²) in [4.78, 5) is 73.2. The zero-order valence-electron chi connectivity index (χ0n) is 66.5. The van der Waals surface area contributed by atoms with E-state index in [0.29, 0.717) is 25.7 Å². The Morgan fingerprint density at radius 3 is 0.788 bits per heavy atom. The van der Waals surface area contributed by atoms with Crippen molar-refractivity contribution in [2.24, 2.45) is 0 Å². The third kappa shape index (κ3) is 76.7. The first-order valence-corrected chi connectivity index (χ1v) is 45.2. The lowest BCUT2D eigenvalue weighted by molar-refractivity contribution is -0.161. The summed E-state index contributed by atoms with van der Waals surface area (Å²) in [5, 5.41) is 10.7. The summed E-state index contributed by atoms with van der Waals surface area (Å²) in [6.07, 6.45) is 80.0. The Hall–Kier alpha value is -3.50. The number of carbonyl (C=O) groups excluding carboxylic acids is 4. The van der Waals surface area contributed by atoms with Crippen molar-refractivity contribution in [2.45, 2.75) is 406 Å². The molecule has 5 unspecified atom stereocenters. The number of phosphoric ester groups is 2. The van der Waals surface area contributed by atoms with Gasteiger partial charge in [-0.25, -0.2) is 9.13 Å². The quantitative estimate of drug-likeness (QED) is 0.0169. The Labute approximate surface area is 634 Å². The molecule has 0 aliphatic rings. The Morgan fingerprint density at radius 1 is 0.279 bits per heavy atom. The maximum Gasteiger partial charge on any atom is 0.472 e. The highest BCUT2D eigenvalue weighted by molar-refractivity contribution is 7.47. The minimum Gasteiger partial charge on any atom is -0.462 e. The van der Waals surface area contributed by atoms with Gasteiger partial charge in [-0.2, -0.15) is 0 Å². The number of unbranched alkanes of at least 4 members (excludes halogenated alkanes) is 42. The SMILES string of the molecule is CC/C=C\C/C=C\C/C=C\CCCCCCCC(=O)OC(COC(=O)CCCCCCCC/C=C\C/C=C\C/C=C\CCCCC)COP(=O)(O)OCC(O)COP(=O)(O)OCC(COC(=O)CCCCCCCCCCCCCCCCC)OC(=O)CCCCCCCCCCCCCCCCC. The summed E-state index contributed by atoms with van der Waals surface area (Å²) in [5.41, 5.74) is 0. The van der Waals surface area contributed by atoms with E-state index in [-0.39, 0.29) is 25.7 Å². The summed E-state index contributed by atoms with van der Waals surface area (Å²) in [6, 6.07) is 0. The fourth-order valence-corrected chi connectivity index (χ4v) is 13.4. The van der Waals surface area contributed by atoms with E-state index >= 15 is 0 Å². The number of carbonyl (C=O) groups is 4. The highest BCUT2D eigenvalue weighted by Crippen LogP contribution is 2.45. The molecule has 0 aromatic carbocycles. The average Bonchev–Trinajstić information content (AvgIpc) is 0.999. The zero-order chi connectivity index (χ0) is 76.0. The van der Waals surface area contributed by atoms with Crippen LogP contribution in [0.4, 0.5) is 0 Å². The largest absolute Gasteiger partial charge is 0.472 e. The Balaban J connectivity index is 5.34. The Kier molecular flexibility index (Phi) is 75.0. The standard InChI is InChI=1S/C85H154O17P2/c1-5-9-13-17-21-25-29-33-37-38-39-40-44-46-50-54-58-62-66-70-83(88)96-76-81(102-85(90)72-68-64-60-56-52-48-43-36-32-28-24-20-16-12-8-4)78-100-104(93,94)98-74-79(86)73-97-103(91,92)99-77-80(101-84(89)71-67-63-59-55-51-47-42-35-31-27-23-19-15-11-7-3)75-95-82(87)69-65-61-57-53-49-45-41-34-30-26-22-18-14-10-6-2/h12,16,21,24-25,28,33,36-37,39-40,43,79-81,86H,5-11,13-15,17-20,22-23,26-27,29-32,34-35,38,41-42,44-78H2,1-4H3,(H,91,92)(H,93,94)/b16-12-,25-21-,28-24-,37-33-,40-39-,43-36-. The molecule has 0 rings (SSSR count). The molecule has 19 heteroatoms. The van der Waals surface area contributed by atoms with Crippen molar-refractivity contribution >= 4 is 39.5 Å². The van der Waals surface area contributed by atoms with E-state index in [1.165, 1.54) is 154 Å². The first-order chi connectivity index (χ1) is 50.7. The molecule has 0 fully saturated rings. The zero-order valence-corrected chi connectivity index (χ0v) is 68.2. The molecule has 0 aliphatic carbocycles. The van der Waals surface area contributed by atoms with E-state index in [0.717, 1.165) is 154 Å². The number of phosphoric acid groups is 2. The molecular formula is C85H154O17P2. The number of esters is 4. The van der Waals surface area contributed by atoms with Crippen molar-refractivity contribution in [2.75, 3.05) is 39.6 Å². The van der Waals surface area contributed by atoms with Crippen LogP contribution in [0.25, 0.3) is 0 Å². The first-order valence-electron chi connectivity index (χ1n) is 42.2. The predicted molar refractivity (Wildman–Crippen MR) is 427 cm³/mol. The minimum atomic E-state index is -4.98. The molecule has 0 bridgehead atoms. The van der Waals surface area contributed by atoms with Crippen LogP contribution in [0.3, 0.4) is 0 Å². The van der Waals surface area contributed by atoms with Crippen molar-refractivity contribution in [1.29, 1.82) is 0 Å². The molecule has 0 saturated heterocycles. The molecule has 104 heavy (non-hydrogen) atoms. The Morgan fingerprint density at radius 2 is 0.500 bits per heavy atom. The third-order valence-electron chi connectivity index (χ3n) is 18.2. The molecule has 606 valence electrons. The molecule has 0 aliphatic heterocycles. The van der Waals surface area contributed by atoms with Gasteiger partial charge in [0.15, 0.2) is 12.2 Å². The smallest absolute Gasteiger partial charge is 0.462 e. The third-order valence-corrected chi connectivity index (χ3v) is 20.1. The van der Waals surface area contributed by atoms with Crippen LogP contribution in [-0.4, -0.2) is 96.7 Å². The highest BCUT2D eigenvalue weighted by atomic mass is 31.2. The summed E-state index contributed by atoms with van der Waals surface area (Å²) in [5.74, 6) is -2.17. The molecule has 0 saturated carbocycles. The molecule has 0 amide bonds. The van der Waals surface area contributed by atoms with Crippen molar-refractivity contribution in [3.63, 3.8) is 0 Å². The van der Waals surface area contributed by atoms with Gasteiger partial charge >= 0.3 is 39.5 Å². The summed E-state index contributed by atoms with van der Waals surface area (Å²) in [6.45, 7) is 4.80. The predicted octanol–water partition coefficient (Wildman–Crippen LogP) is 24.8. The van der Waals surface area contributed by atoms with Crippen molar-refractivity contribution in [1.82, 2.24) is 0 Å². The van der Waals surface area contributed by atoms with E-state index in [1.807, 2.05) is 0 Å². The maximum atomic E-state index is 13.1. The van der Waals surface area contributed by atoms with E-state index < -0.39 is 97.5 Å². The van der Waals surface area contributed by atoms with Gasteiger partial charge in [-0.3, -0.25) is 37.3 Å². The molecule has 0 aromatic heterocycles. The van der Waals surface area contributed by atoms with E-state index in [4.69, 9.17) is 37.0 Å². The topological polar surface area (TPSA) is 237 Å². The molecular weight excluding hydrogens is 1350 g/mol. The lowest BCUT2D eigenvalue weighted by Gasteiger charge is -2.21. The monoisotopic (exact) mass is 1510 g/mol. The van der Waals surface area contributed by atoms with Crippen molar-refractivity contribution in [3.05, 3.63) is 72.9 Å².